The van der Waals surface area contributed by atoms with Gasteiger partial charge in [-0.25, -0.2) is 0 Å². The molecule has 0 bridgehead atoms. The molecule has 0 aliphatic heterocycles. The van der Waals surface area contributed by atoms with Crippen LogP contribution in [0.25, 0.3) is 10.9 Å². The van der Waals surface area contributed by atoms with Crippen molar-refractivity contribution >= 4 is 46.0 Å². The maximum atomic E-state index is 12.0. The average Bonchev–Trinajstić information content (AvgIpc) is 2.77. The number of nitrogens with one attached hydrogen (secondary N) is 2. The van der Waals surface area contributed by atoms with E-state index >= 15 is 0 Å². The molecule has 0 atom stereocenters. The van der Waals surface area contributed by atoms with Crippen molar-refractivity contribution in [3.63, 3.8) is 0 Å². The molecule has 0 saturated carbocycles. The van der Waals surface area contributed by atoms with Gasteiger partial charge in [0.25, 0.3) is 5.91 Å². The first kappa shape index (κ1) is 22.2. The van der Waals surface area contributed by atoms with Crippen molar-refractivity contribution < 1.29 is 19.1 Å². The molecule has 31 heavy (non-hydrogen) atoms. The zero-order valence-corrected chi connectivity index (χ0v) is 17.7. The van der Waals surface area contributed by atoms with Crippen molar-refractivity contribution in [2.24, 2.45) is 0 Å². The summed E-state index contributed by atoms with van der Waals surface area (Å²) in [6.45, 7) is 1.08. The molecule has 2 N–H and O–H groups in total. The lowest BCUT2D eigenvalue weighted by atomic mass is 10.1. The summed E-state index contributed by atoms with van der Waals surface area (Å²) in [5, 5.41) is 6.64. The predicted octanol–water partition coefficient (Wildman–Crippen LogP) is 3.43. The fourth-order valence-corrected chi connectivity index (χ4v) is 3.04. The number of nitrogens with zero attached hydrogens (tertiary/aromatic N) is 1. The smallest absolute Gasteiger partial charge is 0.306 e. The Hall–Kier alpha value is -3.45. The van der Waals surface area contributed by atoms with Crippen LogP contribution in [0.3, 0.4) is 0 Å². The van der Waals surface area contributed by atoms with Crippen molar-refractivity contribution in [1.82, 2.24) is 10.3 Å². The second-order valence-corrected chi connectivity index (χ2v) is 7.30. The minimum absolute atomic E-state index is 0.104. The number of hydrogen-bond acceptors (Lipinski definition) is 5. The molecule has 3 aromatic rings. The predicted molar refractivity (Wildman–Crippen MR) is 119 cm³/mol. The Kier molecular flexibility index (Phi) is 7.56. The molecule has 0 spiro atoms. The highest BCUT2D eigenvalue weighted by molar-refractivity contribution is 6.31. The van der Waals surface area contributed by atoms with Gasteiger partial charge < -0.3 is 15.4 Å². The van der Waals surface area contributed by atoms with Crippen LogP contribution < -0.4 is 10.6 Å². The summed E-state index contributed by atoms with van der Waals surface area (Å²) in [6, 6.07) is 16.7. The van der Waals surface area contributed by atoms with Crippen LogP contribution in [-0.2, 0) is 25.5 Å². The number of aromatic nitrogens is 1. The van der Waals surface area contributed by atoms with Gasteiger partial charge in [0.15, 0.2) is 6.61 Å². The third-order valence-electron chi connectivity index (χ3n) is 4.59. The van der Waals surface area contributed by atoms with Crippen LogP contribution in [0.5, 0.6) is 0 Å². The number of ether oxygens (including phenoxy) is 1. The maximum absolute atomic E-state index is 12.0. The zero-order chi connectivity index (χ0) is 22.2. The molecule has 0 radical (unpaired) electrons. The first-order chi connectivity index (χ1) is 14.9. The third kappa shape index (κ3) is 6.52. The largest absolute Gasteiger partial charge is 0.456 e. The number of halogens is 1. The summed E-state index contributed by atoms with van der Waals surface area (Å²) < 4.78 is 4.97. The van der Waals surface area contributed by atoms with E-state index in [1.165, 1.54) is 0 Å². The van der Waals surface area contributed by atoms with Gasteiger partial charge in [0.1, 0.15) is 0 Å². The van der Waals surface area contributed by atoms with E-state index in [-0.39, 0.29) is 13.0 Å². The van der Waals surface area contributed by atoms with E-state index in [9.17, 15) is 14.4 Å². The van der Waals surface area contributed by atoms with Gasteiger partial charge in [-0.15, -0.1) is 0 Å². The summed E-state index contributed by atoms with van der Waals surface area (Å²) in [5.41, 5.74) is 2.94. The van der Waals surface area contributed by atoms with Crippen molar-refractivity contribution in [1.29, 1.82) is 0 Å². The van der Waals surface area contributed by atoms with Crippen LogP contribution in [0.1, 0.15) is 17.7 Å². The number of aryl methyl sites for hydroxylation is 1. The van der Waals surface area contributed by atoms with Crippen molar-refractivity contribution in [2.45, 2.75) is 19.8 Å². The second kappa shape index (κ2) is 10.5. The molecule has 0 fully saturated rings. The van der Waals surface area contributed by atoms with E-state index in [1.54, 1.807) is 25.1 Å². The number of carbonyl (C=O) groups is 3. The van der Waals surface area contributed by atoms with Crippen LogP contribution in [0.2, 0.25) is 5.02 Å². The van der Waals surface area contributed by atoms with Crippen molar-refractivity contribution in [3.05, 3.63) is 70.9 Å². The number of esters is 1. The van der Waals surface area contributed by atoms with E-state index in [2.05, 4.69) is 15.6 Å². The molecule has 1 aromatic heterocycles. The summed E-state index contributed by atoms with van der Waals surface area (Å²) in [5.74, 6) is -1.48. The van der Waals surface area contributed by atoms with Gasteiger partial charge in [0.05, 0.1) is 18.5 Å². The Morgan fingerprint density at radius 2 is 1.81 bits per heavy atom. The van der Waals surface area contributed by atoms with Crippen LogP contribution in [0, 0.1) is 6.92 Å². The molecule has 0 unspecified atom stereocenters. The lowest BCUT2D eigenvalue weighted by Gasteiger charge is -2.10. The topological polar surface area (TPSA) is 97.4 Å². The van der Waals surface area contributed by atoms with Gasteiger partial charge in [-0.2, -0.15) is 0 Å². The molecule has 0 saturated heterocycles. The molecule has 160 valence electrons. The number of pyridine rings is 1. The number of carbonyl (C=O) groups excluding carboxylic acids is 3. The van der Waals surface area contributed by atoms with Crippen LogP contribution in [-0.4, -0.2) is 35.9 Å². The van der Waals surface area contributed by atoms with Gasteiger partial charge in [0, 0.05) is 28.2 Å². The number of fused-ring (bicyclic) bond motifs is 1. The quantitative estimate of drug-likeness (QED) is 0.524. The van der Waals surface area contributed by atoms with Crippen molar-refractivity contribution in [2.75, 3.05) is 18.5 Å². The van der Waals surface area contributed by atoms with E-state index in [0.29, 0.717) is 17.1 Å². The number of anilines is 1. The fourth-order valence-electron chi connectivity index (χ4n) is 2.86. The average molecular weight is 440 g/mol. The number of hydrogen-bond donors (Lipinski definition) is 2. The van der Waals surface area contributed by atoms with Gasteiger partial charge in [0.2, 0.25) is 5.91 Å². The molecule has 1 heterocycles. The number of para-hydroxylation sites is 1. The Balaban J connectivity index is 1.37. The minimum atomic E-state index is -0.560. The number of benzene rings is 2. The molecule has 0 aliphatic rings. The monoisotopic (exact) mass is 439 g/mol. The normalized spacial score (nSPS) is 10.5. The zero-order valence-electron chi connectivity index (χ0n) is 17.0. The molecular weight excluding hydrogens is 418 g/mol. The molecule has 3 rings (SSSR count). The van der Waals surface area contributed by atoms with Gasteiger partial charge in [-0.05, 0) is 36.8 Å². The Labute approximate surface area is 184 Å². The highest BCUT2D eigenvalue weighted by Crippen LogP contribution is 2.22. The molecule has 0 aliphatic carbocycles. The first-order valence-electron chi connectivity index (χ1n) is 9.74. The summed E-state index contributed by atoms with van der Waals surface area (Å²) in [7, 11) is 0. The second-order valence-electron chi connectivity index (χ2n) is 6.89. The standard InChI is InChI=1S/C23H22ClN3O4/c1-15-18(24)6-4-8-19(15)27-21(28)13-25-22(29)14-31-23(30)12-11-17-10-9-16-5-2-3-7-20(16)26-17/h2-10H,11-14H2,1H3,(H,25,29)(H,27,28). The Morgan fingerprint density at radius 3 is 2.65 bits per heavy atom. The van der Waals surface area contributed by atoms with Gasteiger partial charge >= 0.3 is 5.97 Å². The van der Waals surface area contributed by atoms with Crippen LogP contribution in [0.4, 0.5) is 5.69 Å². The molecule has 2 aromatic carbocycles. The SMILES string of the molecule is Cc1c(Cl)cccc1NC(=O)CNC(=O)COC(=O)CCc1ccc2ccccc2n1. The van der Waals surface area contributed by atoms with E-state index < -0.39 is 24.4 Å². The summed E-state index contributed by atoms with van der Waals surface area (Å²) in [6.07, 6.45) is 0.514. The van der Waals surface area contributed by atoms with Crippen LogP contribution >= 0.6 is 11.6 Å². The number of rotatable bonds is 8. The first-order valence-corrected chi connectivity index (χ1v) is 10.1. The maximum Gasteiger partial charge on any atom is 0.306 e. The Bertz CT molecular complexity index is 1120. The molecular formula is C23H22ClN3O4. The summed E-state index contributed by atoms with van der Waals surface area (Å²) >= 11 is 6.01. The van der Waals surface area contributed by atoms with Crippen LogP contribution in [0.15, 0.2) is 54.6 Å². The lowest BCUT2D eigenvalue weighted by molar-refractivity contribution is -0.148. The van der Waals surface area contributed by atoms with E-state index in [1.807, 2.05) is 36.4 Å². The summed E-state index contributed by atoms with van der Waals surface area (Å²) in [4.78, 5) is 40.2. The van der Waals surface area contributed by atoms with E-state index in [4.69, 9.17) is 16.3 Å². The highest BCUT2D eigenvalue weighted by Gasteiger charge is 2.11. The highest BCUT2D eigenvalue weighted by atomic mass is 35.5. The molecule has 2 amide bonds. The molecule has 7 nitrogen and oxygen atoms in total. The Morgan fingerprint density at radius 1 is 1.00 bits per heavy atom. The van der Waals surface area contributed by atoms with Gasteiger partial charge in [-0.3, -0.25) is 19.4 Å². The third-order valence-corrected chi connectivity index (χ3v) is 5.00. The minimum Gasteiger partial charge on any atom is -0.456 e. The van der Waals surface area contributed by atoms with Gasteiger partial charge in [-0.1, -0.05) is 41.9 Å². The van der Waals surface area contributed by atoms with Crippen molar-refractivity contribution in [3.8, 4) is 0 Å². The lowest BCUT2D eigenvalue weighted by Crippen LogP contribution is -2.35. The number of amides is 2. The van der Waals surface area contributed by atoms with E-state index in [0.717, 1.165) is 22.2 Å². The fraction of sp³-hybridized carbons (Fsp3) is 0.217. The molecule has 8 heteroatoms.